The first kappa shape index (κ1) is 18.7. The minimum Gasteiger partial charge on any atom is -0.497 e. The lowest BCUT2D eigenvalue weighted by Crippen LogP contribution is -2.33. The number of carbonyl (C=O) groups is 1. The highest BCUT2D eigenvalue weighted by Gasteiger charge is 2.39. The number of methoxy groups -OCH3 is 1. The van der Waals surface area contributed by atoms with E-state index in [-0.39, 0.29) is 0 Å². The molecule has 0 saturated carbocycles. The van der Waals surface area contributed by atoms with Crippen LogP contribution in [0.1, 0.15) is 31.2 Å². The van der Waals surface area contributed by atoms with Crippen molar-refractivity contribution < 1.29 is 24.1 Å². The maximum Gasteiger partial charge on any atom is 0.310 e. The van der Waals surface area contributed by atoms with Crippen LogP contribution in [0.15, 0.2) is 29.8 Å². The summed E-state index contributed by atoms with van der Waals surface area (Å²) in [7, 11) is 1.64. The van der Waals surface area contributed by atoms with Crippen molar-refractivity contribution in [1.29, 1.82) is 0 Å². The van der Waals surface area contributed by atoms with Crippen LogP contribution in [0.25, 0.3) is 0 Å². The zero-order valence-electron chi connectivity index (χ0n) is 14.3. The predicted octanol–water partition coefficient (Wildman–Crippen LogP) is 3.79. The highest BCUT2D eigenvalue weighted by atomic mass is 127. The van der Waals surface area contributed by atoms with Crippen molar-refractivity contribution in [3.63, 3.8) is 0 Å². The lowest BCUT2D eigenvalue weighted by molar-refractivity contribution is -0.162. The SMILES string of the molecule is COc1ccc(I)c(CCC(C(=O)O)C2=CCC3(CC2)OCCO3)c1. The average molecular weight is 458 g/mol. The topological polar surface area (TPSA) is 65.0 Å². The van der Waals surface area contributed by atoms with Crippen molar-refractivity contribution in [1.82, 2.24) is 0 Å². The number of hydrogen-bond acceptors (Lipinski definition) is 4. The Kier molecular flexibility index (Phi) is 6.01. The number of hydrogen-bond donors (Lipinski definition) is 1. The Morgan fingerprint density at radius 3 is 2.76 bits per heavy atom. The first-order valence-corrected chi connectivity index (χ1v) is 9.63. The smallest absolute Gasteiger partial charge is 0.310 e. The largest absolute Gasteiger partial charge is 0.497 e. The lowest BCUT2D eigenvalue weighted by atomic mass is 9.83. The molecule has 1 heterocycles. The fraction of sp³-hybridized carbons (Fsp3) is 0.526. The van der Waals surface area contributed by atoms with Gasteiger partial charge in [0.2, 0.25) is 0 Å². The van der Waals surface area contributed by atoms with Crippen LogP contribution >= 0.6 is 22.6 Å². The van der Waals surface area contributed by atoms with E-state index >= 15 is 0 Å². The number of halogens is 1. The van der Waals surface area contributed by atoms with Crippen molar-refractivity contribution in [2.75, 3.05) is 20.3 Å². The molecule has 1 atom stereocenters. The van der Waals surface area contributed by atoms with Gasteiger partial charge in [-0.25, -0.2) is 0 Å². The summed E-state index contributed by atoms with van der Waals surface area (Å²) < 4.78 is 17.8. The van der Waals surface area contributed by atoms with Gasteiger partial charge in [0, 0.05) is 16.4 Å². The first-order valence-electron chi connectivity index (χ1n) is 8.55. The number of aliphatic carboxylic acids is 1. The lowest BCUT2D eigenvalue weighted by Gasteiger charge is -2.32. The molecule has 0 bridgehead atoms. The monoisotopic (exact) mass is 458 g/mol. The van der Waals surface area contributed by atoms with E-state index in [1.807, 2.05) is 24.3 Å². The highest BCUT2D eigenvalue weighted by molar-refractivity contribution is 14.1. The molecule has 1 unspecified atom stereocenters. The third-order valence-electron chi connectivity index (χ3n) is 4.98. The van der Waals surface area contributed by atoms with Gasteiger partial charge < -0.3 is 19.3 Å². The molecule has 3 rings (SSSR count). The van der Waals surface area contributed by atoms with Gasteiger partial charge in [0.15, 0.2) is 5.79 Å². The quantitative estimate of drug-likeness (QED) is 0.519. The third kappa shape index (κ3) is 4.35. The maximum absolute atomic E-state index is 11.8. The number of ether oxygens (including phenoxy) is 3. The van der Waals surface area contributed by atoms with Gasteiger partial charge in [-0.2, -0.15) is 0 Å². The molecule has 1 aliphatic heterocycles. The van der Waals surface area contributed by atoms with E-state index in [9.17, 15) is 9.90 Å². The van der Waals surface area contributed by atoms with E-state index in [0.717, 1.165) is 26.9 Å². The van der Waals surface area contributed by atoms with Crippen LogP contribution in [0.4, 0.5) is 0 Å². The van der Waals surface area contributed by atoms with Gasteiger partial charge in [-0.3, -0.25) is 4.79 Å². The summed E-state index contributed by atoms with van der Waals surface area (Å²) in [5, 5.41) is 9.70. The molecule has 1 spiro atoms. The van der Waals surface area contributed by atoms with Crippen molar-refractivity contribution in [2.45, 2.75) is 37.9 Å². The van der Waals surface area contributed by atoms with E-state index < -0.39 is 17.7 Å². The summed E-state index contributed by atoms with van der Waals surface area (Å²) in [5.74, 6) is -0.917. The van der Waals surface area contributed by atoms with Crippen molar-refractivity contribution in [3.8, 4) is 5.75 Å². The molecule has 0 radical (unpaired) electrons. The van der Waals surface area contributed by atoms with Crippen LogP contribution in [0.5, 0.6) is 5.75 Å². The molecule has 1 aromatic carbocycles. The maximum atomic E-state index is 11.8. The molecule has 1 N–H and O–H groups in total. The molecule has 0 aromatic heterocycles. The Labute approximate surface area is 161 Å². The Bertz CT molecular complexity index is 664. The Morgan fingerprint density at radius 2 is 2.16 bits per heavy atom. The van der Waals surface area contributed by atoms with E-state index in [1.165, 1.54) is 0 Å². The molecular formula is C19H23IO5. The molecule has 1 aromatic rings. The van der Waals surface area contributed by atoms with Crippen LogP contribution < -0.4 is 4.74 Å². The second kappa shape index (κ2) is 8.05. The van der Waals surface area contributed by atoms with E-state index in [1.54, 1.807) is 7.11 Å². The van der Waals surface area contributed by atoms with Crippen LogP contribution in [-0.2, 0) is 20.7 Å². The predicted molar refractivity (Wildman–Crippen MR) is 102 cm³/mol. The summed E-state index contributed by atoms with van der Waals surface area (Å²) in [6.45, 7) is 1.25. The van der Waals surface area contributed by atoms with E-state index in [0.29, 0.717) is 38.9 Å². The average Bonchev–Trinajstić information content (AvgIpc) is 3.06. The third-order valence-corrected chi connectivity index (χ3v) is 6.04. The van der Waals surface area contributed by atoms with Crippen LogP contribution in [-0.4, -0.2) is 37.2 Å². The van der Waals surface area contributed by atoms with Gasteiger partial charge in [-0.15, -0.1) is 0 Å². The molecule has 0 amide bonds. The molecule has 5 nitrogen and oxygen atoms in total. The minimum absolute atomic E-state index is 0.458. The van der Waals surface area contributed by atoms with Crippen molar-refractivity contribution in [3.05, 3.63) is 39.0 Å². The van der Waals surface area contributed by atoms with Crippen LogP contribution in [0.2, 0.25) is 0 Å². The van der Waals surface area contributed by atoms with Gasteiger partial charge in [0.05, 0.1) is 26.2 Å². The molecule has 25 heavy (non-hydrogen) atoms. The Morgan fingerprint density at radius 1 is 1.40 bits per heavy atom. The van der Waals surface area contributed by atoms with E-state index in [4.69, 9.17) is 14.2 Å². The molecule has 1 aliphatic carbocycles. The molecule has 136 valence electrons. The molecular weight excluding hydrogens is 435 g/mol. The fourth-order valence-electron chi connectivity index (χ4n) is 3.54. The molecule has 1 fully saturated rings. The Balaban J connectivity index is 1.68. The second-order valence-corrected chi connectivity index (χ2v) is 7.64. The second-order valence-electron chi connectivity index (χ2n) is 6.48. The number of carboxylic acids is 1. The van der Waals surface area contributed by atoms with Crippen LogP contribution in [0, 0.1) is 9.49 Å². The van der Waals surface area contributed by atoms with E-state index in [2.05, 4.69) is 22.6 Å². The Hall–Kier alpha value is -1.12. The van der Waals surface area contributed by atoms with Crippen molar-refractivity contribution in [2.24, 2.45) is 5.92 Å². The molecule has 6 heteroatoms. The number of carboxylic acid groups (broad SMARTS) is 1. The molecule has 1 saturated heterocycles. The summed E-state index contributed by atoms with van der Waals surface area (Å²) in [5.41, 5.74) is 2.12. The molecule has 2 aliphatic rings. The minimum atomic E-state index is -0.756. The highest BCUT2D eigenvalue weighted by Crippen LogP contribution is 2.38. The first-order chi connectivity index (χ1) is 12.0. The van der Waals surface area contributed by atoms with Gasteiger partial charge in [-0.1, -0.05) is 11.6 Å². The van der Waals surface area contributed by atoms with Crippen molar-refractivity contribution >= 4 is 28.6 Å². The number of aryl methyl sites for hydroxylation is 1. The van der Waals surface area contributed by atoms with Gasteiger partial charge in [0.25, 0.3) is 0 Å². The van der Waals surface area contributed by atoms with Gasteiger partial charge in [-0.05, 0) is 65.6 Å². The fourth-order valence-corrected chi connectivity index (χ4v) is 4.14. The number of benzene rings is 1. The summed E-state index contributed by atoms with van der Waals surface area (Å²) in [4.78, 5) is 11.8. The normalized spacial score (nSPS) is 20.3. The summed E-state index contributed by atoms with van der Waals surface area (Å²) >= 11 is 2.28. The van der Waals surface area contributed by atoms with Gasteiger partial charge >= 0.3 is 5.97 Å². The summed E-state index contributed by atoms with van der Waals surface area (Å²) in [6, 6.07) is 5.92. The number of rotatable bonds is 6. The van der Waals surface area contributed by atoms with Crippen LogP contribution in [0.3, 0.4) is 0 Å². The standard InChI is InChI=1S/C19H23IO5/c1-23-15-3-5-17(20)14(12-15)2-4-16(18(21)22)13-6-8-19(9-7-13)24-10-11-25-19/h3,5-6,12,16H,2,4,7-11H2,1H3,(H,21,22). The summed E-state index contributed by atoms with van der Waals surface area (Å²) in [6.07, 6.45) is 5.40. The zero-order valence-corrected chi connectivity index (χ0v) is 16.5. The zero-order chi connectivity index (χ0) is 17.9. The van der Waals surface area contributed by atoms with Gasteiger partial charge in [0.1, 0.15) is 5.75 Å².